The number of sulfonamides is 1. The Bertz CT molecular complexity index is 579. The van der Waals surface area contributed by atoms with Crippen LogP contribution in [0.5, 0.6) is 0 Å². The van der Waals surface area contributed by atoms with Crippen LogP contribution in [0.2, 0.25) is 0 Å². The van der Waals surface area contributed by atoms with E-state index in [-0.39, 0.29) is 15.8 Å². The van der Waals surface area contributed by atoms with Gasteiger partial charge in [0.1, 0.15) is 4.21 Å². The van der Waals surface area contributed by atoms with Crippen LogP contribution in [0.4, 0.5) is 0 Å². The Balaban J connectivity index is 2.15. The zero-order chi connectivity index (χ0) is 14.8. The summed E-state index contributed by atoms with van der Waals surface area (Å²) < 4.78 is 27.4. The molecule has 0 aromatic carbocycles. The van der Waals surface area contributed by atoms with Crippen molar-refractivity contribution in [1.29, 1.82) is 0 Å². The van der Waals surface area contributed by atoms with Crippen LogP contribution in [0.1, 0.15) is 49.4 Å². The highest BCUT2D eigenvalue weighted by Crippen LogP contribution is 2.26. The molecule has 0 aliphatic heterocycles. The van der Waals surface area contributed by atoms with Crippen molar-refractivity contribution < 1.29 is 18.3 Å². The molecular formula is C13H19NO4S2. The highest BCUT2D eigenvalue weighted by molar-refractivity contribution is 7.91. The van der Waals surface area contributed by atoms with Gasteiger partial charge in [-0.1, -0.05) is 26.2 Å². The summed E-state index contributed by atoms with van der Waals surface area (Å²) in [6, 6.07) is 1.16. The van der Waals surface area contributed by atoms with Crippen molar-refractivity contribution in [3.8, 4) is 0 Å². The van der Waals surface area contributed by atoms with Gasteiger partial charge in [-0.2, -0.15) is 0 Å². The number of carboxylic acids is 1. The van der Waals surface area contributed by atoms with Crippen LogP contribution in [0.15, 0.2) is 15.7 Å². The molecule has 0 amide bonds. The molecule has 2 atom stereocenters. The average molecular weight is 317 g/mol. The molecular weight excluding hydrogens is 298 g/mol. The number of nitrogens with one attached hydrogen (secondary N) is 1. The molecule has 2 N–H and O–H groups in total. The lowest BCUT2D eigenvalue weighted by Crippen LogP contribution is -2.38. The standard InChI is InChI=1S/C13H19NO4S2/c1-9-5-3-2-4-6-11(9)14-20(17,18)12-7-10(8-19-12)13(15)16/h7-9,11,14H,2-6H2,1H3,(H,15,16). The topological polar surface area (TPSA) is 83.5 Å². The highest BCUT2D eigenvalue weighted by Gasteiger charge is 2.27. The first kappa shape index (κ1) is 15.5. The lowest BCUT2D eigenvalue weighted by molar-refractivity contribution is 0.0697. The molecule has 1 aromatic heterocycles. The molecule has 1 fully saturated rings. The van der Waals surface area contributed by atoms with Crippen molar-refractivity contribution in [3.05, 3.63) is 17.0 Å². The van der Waals surface area contributed by atoms with Gasteiger partial charge in [-0.3, -0.25) is 0 Å². The SMILES string of the molecule is CC1CCCCCC1NS(=O)(=O)c1cc(C(=O)O)cs1. The van der Waals surface area contributed by atoms with E-state index in [4.69, 9.17) is 5.11 Å². The van der Waals surface area contributed by atoms with Crippen LogP contribution < -0.4 is 4.72 Å². The number of carboxylic acid groups (broad SMARTS) is 1. The van der Waals surface area contributed by atoms with E-state index < -0.39 is 16.0 Å². The van der Waals surface area contributed by atoms with Gasteiger partial charge in [0.15, 0.2) is 0 Å². The Morgan fingerprint density at radius 3 is 2.70 bits per heavy atom. The van der Waals surface area contributed by atoms with Gasteiger partial charge < -0.3 is 5.11 Å². The van der Waals surface area contributed by atoms with Gasteiger partial charge in [-0.15, -0.1) is 11.3 Å². The van der Waals surface area contributed by atoms with Gasteiger partial charge >= 0.3 is 5.97 Å². The summed E-state index contributed by atoms with van der Waals surface area (Å²) >= 11 is 0.949. The maximum Gasteiger partial charge on any atom is 0.336 e. The van der Waals surface area contributed by atoms with Crippen LogP contribution in [-0.2, 0) is 10.0 Å². The first-order chi connectivity index (χ1) is 9.40. The molecule has 1 saturated carbocycles. The number of rotatable bonds is 4. The van der Waals surface area contributed by atoms with E-state index in [2.05, 4.69) is 11.6 Å². The van der Waals surface area contributed by atoms with Gasteiger partial charge in [-0.25, -0.2) is 17.9 Å². The smallest absolute Gasteiger partial charge is 0.336 e. The van der Waals surface area contributed by atoms with E-state index in [1.54, 1.807) is 0 Å². The van der Waals surface area contributed by atoms with Crippen molar-refractivity contribution in [2.24, 2.45) is 5.92 Å². The lowest BCUT2D eigenvalue weighted by atomic mass is 9.98. The first-order valence-corrected chi connectivity index (χ1v) is 9.10. The summed E-state index contributed by atoms with van der Waals surface area (Å²) in [6.45, 7) is 2.07. The fourth-order valence-electron chi connectivity index (χ4n) is 2.50. The molecule has 2 rings (SSSR count). The van der Waals surface area contributed by atoms with Crippen molar-refractivity contribution in [1.82, 2.24) is 4.72 Å². The van der Waals surface area contributed by atoms with Crippen molar-refractivity contribution in [3.63, 3.8) is 0 Å². The normalized spacial score (nSPS) is 24.2. The average Bonchev–Trinajstić information content (AvgIpc) is 2.79. The van der Waals surface area contributed by atoms with Gasteiger partial charge in [0, 0.05) is 11.4 Å². The minimum atomic E-state index is -3.62. The fourth-order valence-corrected chi connectivity index (χ4v) is 5.04. The van der Waals surface area contributed by atoms with Crippen LogP contribution >= 0.6 is 11.3 Å². The third-order valence-corrected chi connectivity index (χ3v) is 6.68. The fraction of sp³-hybridized carbons (Fsp3) is 0.615. The van der Waals surface area contributed by atoms with Crippen LogP contribution in [0.3, 0.4) is 0 Å². The number of thiophene rings is 1. The Morgan fingerprint density at radius 1 is 1.35 bits per heavy atom. The third-order valence-electron chi connectivity index (χ3n) is 3.76. The maximum atomic E-state index is 12.3. The zero-order valence-electron chi connectivity index (χ0n) is 11.3. The number of hydrogen-bond donors (Lipinski definition) is 2. The van der Waals surface area contributed by atoms with Gasteiger partial charge in [-0.05, 0) is 24.8 Å². The largest absolute Gasteiger partial charge is 0.478 e. The van der Waals surface area contributed by atoms with E-state index in [1.807, 2.05) is 0 Å². The van der Waals surface area contributed by atoms with Crippen molar-refractivity contribution in [2.75, 3.05) is 0 Å². The summed E-state index contributed by atoms with van der Waals surface area (Å²) in [6.07, 6.45) is 5.18. The highest BCUT2D eigenvalue weighted by atomic mass is 32.2. The number of carbonyl (C=O) groups is 1. The quantitative estimate of drug-likeness (QED) is 0.836. The van der Waals surface area contributed by atoms with E-state index in [9.17, 15) is 13.2 Å². The number of hydrogen-bond acceptors (Lipinski definition) is 4. The molecule has 2 unspecified atom stereocenters. The summed E-state index contributed by atoms with van der Waals surface area (Å²) in [5.74, 6) is -0.795. The van der Waals surface area contributed by atoms with Gasteiger partial charge in [0.05, 0.1) is 5.56 Å². The predicted molar refractivity (Wildman–Crippen MR) is 77.6 cm³/mol. The van der Waals surface area contributed by atoms with Crippen LogP contribution in [-0.4, -0.2) is 25.5 Å². The molecule has 1 aliphatic carbocycles. The second kappa shape index (κ2) is 6.24. The maximum absolute atomic E-state index is 12.3. The van der Waals surface area contributed by atoms with Gasteiger partial charge in [0.2, 0.25) is 10.0 Å². The molecule has 20 heavy (non-hydrogen) atoms. The second-order valence-corrected chi connectivity index (χ2v) is 8.15. The molecule has 0 saturated heterocycles. The predicted octanol–water partition coefficient (Wildman–Crippen LogP) is 2.69. The molecule has 1 aliphatic rings. The lowest BCUT2D eigenvalue weighted by Gasteiger charge is -2.22. The minimum absolute atomic E-state index is 0.0179. The molecule has 0 bridgehead atoms. The Morgan fingerprint density at radius 2 is 2.05 bits per heavy atom. The van der Waals surface area contributed by atoms with Crippen LogP contribution in [0.25, 0.3) is 0 Å². The second-order valence-electron chi connectivity index (χ2n) is 5.30. The molecule has 0 radical (unpaired) electrons. The Hall–Kier alpha value is -0.920. The minimum Gasteiger partial charge on any atom is -0.478 e. The molecule has 5 nitrogen and oxygen atoms in total. The van der Waals surface area contributed by atoms with E-state index in [1.165, 1.54) is 11.4 Å². The summed E-state index contributed by atoms with van der Waals surface area (Å²) in [5, 5.41) is 10.2. The molecule has 0 spiro atoms. The van der Waals surface area contributed by atoms with E-state index >= 15 is 0 Å². The van der Waals surface area contributed by atoms with E-state index in [0.717, 1.165) is 43.4 Å². The number of aromatic carboxylic acids is 1. The monoisotopic (exact) mass is 317 g/mol. The van der Waals surface area contributed by atoms with Crippen LogP contribution in [0, 0.1) is 5.92 Å². The van der Waals surface area contributed by atoms with E-state index in [0.29, 0.717) is 5.92 Å². The Labute approximate surface area is 123 Å². The summed E-state index contributed by atoms with van der Waals surface area (Å²) in [7, 11) is -3.62. The molecule has 1 aromatic rings. The van der Waals surface area contributed by atoms with Gasteiger partial charge in [0.25, 0.3) is 0 Å². The Kier molecular flexibility index (Phi) is 4.82. The molecule has 7 heteroatoms. The zero-order valence-corrected chi connectivity index (χ0v) is 13.0. The van der Waals surface area contributed by atoms with Crippen molar-refractivity contribution in [2.45, 2.75) is 49.3 Å². The molecule has 112 valence electrons. The first-order valence-electron chi connectivity index (χ1n) is 6.74. The summed E-state index contributed by atoms with van der Waals surface area (Å²) in [5.41, 5.74) is 0.0179. The third kappa shape index (κ3) is 3.59. The molecule has 1 heterocycles. The summed E-state index contributed by atoms with van der Waals surface area (Å²) in [4.78, 5) is 10.8. The van der Waals surface area contributed by atoms with Crippen molar-refractivity contribution >= 4 is 27.3 Å².